The maximum atomic E-state index is 13.6. The van der Waals surface area contributed by atoms with E-state index < -0.39 is 5.82 Å². The average Bonchev–Trinajstić information content (AvgIpc) is 2.72. The van der Waals surface area contributed by atoms with Crippen LogP contribution in [0, 0.1) is 12.7 Å². The Kier molecular flexibility index (Phi) is 2.79. The summed E-state index contributed by atoms with van der Waals surface area (Å²) in [6, 6.07) is 8.06. The van der Waals surface area contributed by atoms with Gasteiger partial charge in [-0.3, -0.25) is 0 Å². The summed E-state index contributed by atoms with van der Waals surface area (Å²) in [5, 5.41) is 0.736. The minimum atomic E-state index is -0.445. The highest BCUT2D eigenvalue weighted by atomic mass is 32.1. The Morgan fingerprint density at radius 3 is 2.84 bits per heavy atom. The number of fused-ring (bicyclic) bond motifs is 1. The molecule has 0 radical (unpaired) electrons. The highest BCUT2D eigenvalue weighted by molar-refractivity contribution is 7.18. The lowest BCUT2D eigenvalue weighted by molar-refractivity contribution is 0.432. The molecule has 3 rings (SSSR count). The number of aromatic nitrogens is 2. The van der Waals surface area contributed by atoms with E-state index in [1.54, 1.807) is 18.2 Å². The zero-order chi connectivity index (χ0) is 13.4. The maximum Gasteiger partial charge on any atom is 0.233 e. The first-order valence-electron chi connectivity index (χ1n) is 5.59. The molecule has 2 aromatic heterocycles. The maximum absolute atomic E-state index is 13.6. The molecule has 3 aromatic rings. The number of anilines is 1. The molecule has 0 saturated heterocycles. The highest BCUT2D eigenvalue weighted by Crippen LogP contribution is 2.33. The molecular weight excluding hydrogens is 265 g/mol. The van der Waals surface area contributed by atoms with Crippen molar-refractivity contribution >= 4 is 27.5 Å². The predicted octanol–water partition coefficient (Wildman–Crippen LogP) is 3.51. The molecule has 0 saturated carbocycles. The Morgan fingerprint density at radius 2 is 2.05 bits per heavy atom. The van der Waals surface area contributed by atoms with Crippen LogP contribution in [0.25, 0.3) is 10.2 Å². The van der Waals surface area contributed by atoms with Gasteiger partial charge >= 0.3 is 0 Å². The number of nitrogens with zero attached hydrogens (tertiary/aromatic N) is 2. The van der Waals surface area contributed by atoms with Gasteiger partial charge in [-0.1, -0.05) is 12.1 Å². The topological polar surface area (TPSA) is 61.0 Å². The fourth-order valence-corrected chi connectivity index (χ4v) is 2.62. The van der Waals surface area contributed by atoms with Gasteiger partial charge in [-0.15, -0.1) is 11.3 Å². The number of benzene rings is 1. The van der Waals surface area contributed by atoms with Crippen LogP contribution in [-0.2, 0) is 0 Å². The molecule has 96 valence electrons. The summed E-state index contributed by atoms with van der Waals surface area (Å²) in [6.07, 6.45) is 0. The highest BCUT2D eigenvalue weighted by Gasteiger charge is 2.13. The minimum absolute atomic E-state index is 0.112. The standard InChI is InChI=1S/C13H10FN3OS/c1-7-6-8-11(16-13(15)17-12(8)19-7)18-10-5-3-2-4-9(10)14/h2-6H,1H3,(H2,15,16,17). The smallest absolute Gasteiger partial charge is 0.233 e. The van der Waals surface area contributed by atoms with E-state index >= 15 is 0 Å². The molecule has 1 aromatic carbocycles. The Balaban J connectivity index is 2.12. The van der Waals surface area contributed by atoms with E-state index in [1.807, 2.05) is 13.0 Å². The number of para-hydroxylation sites is 1. The number of ether oxygens (including phenoxy) is 1. The summed E-state index contributed by atoms with van der Waals surface area (Å²) in [6.45, 7) is 1.95. The summed E-state index contributed by atoms with van der Waals surface area (Å²) >= 11 is 1.49. The van der Waals surface area contributed by atoms with Crippen molar-refractivity contribution in [2.24, 2.45) is 0 Å². The molecule has 0 fully saturated rings. The van der Waals surface area contributed by atoms with Crippen molar-refractivity contribution in [2.75, 3.05) is 5.73 Å². The van der Waals surface area contributed by atoms with E-state index in [-0.39, 0.29) is 17.6 Å². The van der Waals surface area contributed by atoms with Crippen LogP contribution in [0.3, 0.4) is 0 Å². The third-order valence-electron chi connectivity index (χ3n) is 2.54. The number of hydrogen-bond donors (Lipinski definition) is 1. The number of nitrogens with two attached hydrogens (primary N) is 1. The van der Waals surface area contributed by atoms with Crippen LogP contribution in [0.15, 0.2) is 30.3 Å². The molecule has 2 N–H and O–H groups in total. The molecule has 0 atom stereocenters. The van der Waals surface area contributed by atoms with Crippen molar-refractivity contribution in [2.45, 2.75) is 6.92 Å². The molecule has 6 heteroatoms. The van der Waals surface area contributed by atoms with E-state index in [0.29, 0.717) is 0 Å². The van der Waals surface area contributed by atoms with Crippen molar-refractivity contribution in [3.8, 4) is 11.6 Å². The zero-order valence-electron chi connectivity index (χ0n) is 10.1. The number of nitrogen functional groups attached to an aromatic ring is 1. The third-order valence-corrected chi connectivity index (χ3v) is 3.49. The van der Waals surface area contributed by atoms with E-state index in [0.717, 1.165) is 15.1 Å². The average molecular weight is 275 g/mol. The van der Waals surface area contributed by atoms with Crippen molar-refractivity contribution < 1.29 is 9.13 Å². The van der Waals surface area contributed by atoms with Crippen LogP contribution in [0.4, 0.5) is 10.3 Å². The molecule has 0 aliphatic rings. The van der Waals surface area contributed by atoms with Crippen LogP contribution >= 0.6 is 11.3 Å². The van der Waals surface area contributed by atoms with Crippen molar-refractivity contribution in [1.82, 2.24) is 9.97 Å². The first kappa shape index (κ1) is 11.9. The summed E-state index contributed by atoms with van der Waals surface area (Å²) in [4.78, 5) is 9.96. The molecule has 19 heavy (non-hydrogen) atoms. The van der Waals surface area contributed by atoms with Crippen molar-refractivity contribution in [3.05, 3.63) is 41.0 Å². The SMILES string of the molecule is Cc1cc2c(Oc3ccccc3F)nc(N)nc2s1. The second-order valence-electron chi connectivity index (χ2n) is 4.00. The molecule has 2 heterocycles. The van der Waals surface area contributed by atoms with Gasteiger partial charge in [-0.2, -0.15) is 4.98 Å². The lowest BCUT2D eigenvalue weighted by atomic mass is 10.3. The largest absolute Gasteiger partial charge is 0.435 e. The van der Waals surface area contributed by atoms with Crippen LogP contribution < -0.4 is 10.5 Å². The summed E-state index contributed by atoms with van der Waals surface area (Å²) in [5.41, 5.74) is 5.64. The normalized spacial score (nSPS) is 10.8. The van der Waals surface area contributed by atoms with Crippen molar-refractivity contribution in [3.63, 3.8) is 0 Å². The summed E-state index contributed by atoms with van der Waals surface area (Å²) < 4.78 is 19.1. The lowest BCUT2D eigenvalue weighted by Gasteiger charge is -2.06. The van der Waals surface area contributed by atoms with Crippen LogP contribution in [0.1, 0.15) is 4.88 Å². The molecule has 0 spiro atoms. The van der Waals surface area contributed by atoms with E-state index in [2.05, 4.69) is 9.97 Å². The van der Waals surface area contributed by atoms with E-state index in [4.69, 9.17) is 10.5 Å². The fourth-order valence-electron chi connectivity index (χ4n) is 1.74. The van der Waals surface area contributed by atoms with Crippen LogP contribution in [-0.4, -0.2) is 9.97 Å². The van der Waals surface area contributed by atoms with Crippen LogP contribution in [0.2, 0.25) is 0 Å². The molecule has 0 unspecified atom stereocenters. The first-order chi connectivity index (χ1) is 9.13. The van der Waals surface area contributed by atoms with E-state index in [1.165, 1.54) is 17.4 Å². The molecule has 4 nitrogen and oxygen atoms in total. The fraction of sp³-hybridized carbons (Fsp3) is 0.0769. The molecule has 0 amide bonds. The number of aryl methyl sites for hydroxylation is 1. The van der Waals surface area contributed by atoms with Crippen molar-refractivity contribution in [1.29, 1.82) is 0 Å². The van der Waals surface area contributed by atoms with Gasteiger partial charge in [0.1, 0.15) is 4.83 Å². The summed E-state index contributed by atoms with van der Waals surface area (Å²) in [7, 11) is 0. The monoisotopic (exact) mass is 275 g/mol. The second-order valence-corrected chi connectivity index (χ2v) is 5.23. The number of thiophene rings is 1. The van der Waals surface area contributed by atoms with E-state index in [9.17, 15) is 4.39 Å². The Bertz CT molecular complexity index is 757. The second kappa shape index (κ2) is 4.47. The van der Waals surface area contributed by atoms with Gasteiger partial charge in [0.2, 0.25) is 11.8 Å². The lowest BCUT2D eigenvalue weighted by Crippen LogP contribution is -1.98. The molecule has 0 bridgehead atoms. The van der Waals surface area contributed by atoms with Gasteiger partial charge in [0, 0.05) is 4.88 Å². The van der Waals surface area contributed by atoms with Gasteiger partial charge in [-0.25, -0.2) is 9.37 Å². The molecule has 0 aliphatic heterocycles. The quantitative estimate of drug-likeness (QED) is 0.777. The Morgan fingerprint density at radius 1 is 1.26 bits per heavy atom. The van der Waals surface area contributed by atoms with Gasteiger partial charge in [0.05, 0.1) is 5.39 Å². The zero-order valence-corrected chi connectivity index (χ0v) is 10.9. The molecule has 0 aliphatic carbocycles. The van der Waals surface area contributed by atoms with Crippen LogP contribution in [0.5, 0.6) is 11.6 Å². The molecular formula is C13H10FN3OS. The van der Waals surface area contributed by atoms with Gasteiger partial charge in [-0.05, 0) is 25.1 Å². The minimum Gasteiger partial charge on any atom is -0.435 e. The summed E-state index contributed by atoms with van der Waals surface area (Å²) in [5.74, 6) is 0.0585. The van der Waals surface area contributed by atoms with Gasteiger partial charge in [0.25, 0.3) is 0 Å². The number of hydrogen-bond acceptors (Lipinski definition) is 5. The number of halogens is 1. The third kappa shape index (κ3) is 2.22. The Hall–Kier alpha value is -2.21. The predicted molar refractivity (Wildman–Crippen MR) is 73.0 cm³/mol. The number of rotatable bonds is 2. The first-order valence-corrected chi connectivity index (χ1v) is 6.41. The Labute approximate surface area is 112 Å². The van der Waals surface area contributed by atoms with Gasteiger partial charge < -0.3 is 10.5 Å². The van der Waals surface area contributed by atoms with Gasteiger partial charge in [0.15, 0.2) is 11.6 Å².